The van der Waals surface area contributed by atoms with Crippen molar-refractivity contribution in [3.63, 3.8) is 0 Å². The number of unbranched alkanes of at least 4 members (excludes halogenated alkanes) is 2. The molecule has 0 saturated carbocycles. The maximum Gasteiger partial charge on any atom is 0.408 e. The van der Waals surface area contributed by atoms with Crippen molar-refractivity contribution in [3.05, 3.63) is 35.4 Å². The summed E-state index contributed by atoms with van der Waals surface area (Å²) in [5, 5.41) is 15.1. The van der Waals surface area contributed by atoms with Gasteiger partial charge in [-0.2, -0.15) is 0 Å². The quantitative estimate of drug-likeness (QED) is 0.450. The minimum absolute atomic E-state index is 0.0555. The van der Waals surface area contributed by atoms with E-state index < -0.39 is 29.7 Å². The normalized spacial score (nSPS) is 13.1. The molecule has 1 aromatic rings. The van der Waals surface area contributed by atoms with Crippen molar-refractivity contribution in [3.8, 4) is 0 Å². The van der Waals surface area contributed by atoms with Gasteiger partial charge in [0.05, 0.1) is 6.61 Å². The second-order valence-corrected chi connectivity index (χ2v) is 8.93. The van der Waals surface area contributed by atoms with E-state index in [-0.39, 0.29) is 19.1 Å². The number of ether oxygens (including phenoxy) is 1. The van der Waals surface area contributed by atoms with Crippen LogP contribution in [-0.2, 0) is 14.3 Å². The molecule has 2 atom stereocenters. The Hall–Kier alpha value is -2.61. The van der Waals surface area contributed by atoms with E-state index in [0.29, 0.717) is 12.1 Å². The molecule has 1 rings (SSSR count). The van der Waals surface area contributed by atoms with Gasteiger partial charge in [0.2, 0.25) is 11.8 Å². The van der Waals surface area contributed by atoms with Crippen molar-refractivity contribution < 1.29 is 24.2 Å². The summed E-state index contributed by atoms with van der Waals surface area (Å²) in [7, 11) is 0. The van der Waals surface area contributed by atoms with Crippen LogP contribution in [0.15, 0.2) is 24.3 Å². The number of nitrogens with one attached hydrogen (secondary N) is 2. The zero-order valence-electron chi connectivity index (χ0n) is 20.2. The molecular formula is C24H39N3O5. The zero-order chi connectivity index (χ0) is 24.3. The van der Waals surface area contributed by atoms with Gasteiger partial charge in [0.25, 0.3) is 0 Å². The summed E-state index contributed by atoms with van der Waals surface area (Å²) in [6, 6.07) is 5.47. The van der Waals surface area contributed by atoms with E-state index in [1.165, 1.54) is 11.8 Å². The molecule has 0 aliphatic carbocycles. The number of hydrogen-bond donors (Lipinski definition) is 3. The van der Waals surface area contributed by atoms with Gasteiger partial charge in [-0.15, -0.1) is 0 Å². The molecule has 0 aromatic heterocycles. The van der Waals surface area contributed by atoms with Gasteiger partial charge in [-0.3, -0.25) is 9.59 Å². The van der Waals surface area contributed by atoms with E-state index in [4.69, 9.17) is 4.74 Å². The molecular weight excluding hydrogens is 410 g/mol. The maximum absolute atomic E-state index is 13.3. The highest BCUT2D eigenvalue weighted by molar-refractivity contribution is 5.92. The van der Waals surface area contributed by atoms with Crippen LogP contribution in [0.2, 0.25) is 0 Å². The number of aliphatic hydroxyl groups is 1. The molecule has 3 amide bonds. The summed E-state index contributed by atoms with van der Waals surface area (Å²) in [4.78, 5) is 39.9. The third-order valence-electron chi connectivity index (χ3n) is 4.76. The molecule has 3 N–H and O–H groups in total. The van der Waals surface area contributed by atoms with E-state index in [1.54, 1.807) is 32.9 Å². The molecule has 8 heteroatoms. The summed E-state index contributed by atoms with van der Waals surface area (Å²) >= 11 is 0. The van der Waals surface area contributed by atoms with Crippen LogP contribution in [0.1, 0.15) is 71.0 Å². The number of nitrogens with zero attached hydrogens (tertiary/aromatic N) is 1. The third kappa shape index (κ3) is 9.26. The summed E-state index contributed by atoms with van der Waals surface area (Å²) in [5.74, 6) is -0.810. The summed E-state index contributed by atoms with van der Waals surface area (Å²) in [6.07, 6.45) is 2.14. The average molecular weight is 450 g/mol. The lowest BCUT2D eigenvalue weighted by atomic mass is 10.0. The van der Waals surface area contributed by atoms with Gasteiger partial charge in [0, 0.05) is 13.1 Å². The Labute approximate surface area is 191 Å². The number of carbonyl (C=O) groups is 3. The molecule has 0 bridgehead atoms. The molecule has 0 radical (unpaired) electrons. The summed E-state index contributed by atoms with van der Waals surface area (Å²) in [5.41, 5.74) is 0.950. The average Bonchev–Trinajstić information content (AvgIpc) is 2.70. The van der Waals surface area contributed by atoms with Crippen LogP contribution < -0.4 is 10.6 Å². The first kappa shape index (κ1) is 27.4. The Balaban J connectivity index is 3.13. The molecule has 8 nitrogen and oxygen atoms in total. The topological polar surface area (TPSA) is 108 Å². The lowest BCUT2D eigenvalue weighted by Gasteiger charge is -2.33. The highest BCUT2D eigenvalue weighted by atomic mass is 16.6. The van der Waals surface area contributed by atoms with Crippen LogP contribution in [0.4, 0.5) is 4.79 Å². The molecule has 0 spiro atoms. The highest BCUT2D eigenvalue weighted by Crippen LogP contribution is 2.23. The predicted molar refractivity (Wildman–Crippen MR) is 124 cm³/mol. The number of benzene rings is 1. The van der Waals surface area contributed by atoms with Crippen LogP contribution in [0.25, 0.3) is 0 Å². The van der Waals surface area contributed by atoms with Crippen molar-refractivity contribution in [2.45, 2.75) is 78.5 Å². The molecule has 0 saturated heterocycles. The van der Waals surface area contributed by atoms with Crippen molar-refractivity contribution in [2.24, 2.45) is 0 Å². The minimum atomic E-state index is -0.947. The van der Waals surface area contributed by atoms with E-state index >= 15 is 0 Å². The Morgan fingerprint density at radius 3 is 2.28 bits per heavy atom. The molecule has 2 unspecified atom stereocenters. The number of amides is 3. The van der Waals surface area contributed by atoms with Crippen molar-refractivity contribution in [2.75, 3.05) is 19.7 Å². The van der Waals surface area contributed by atoms with Crippen LogP contribution in [0.3, 0.4) is 0 Å². The number of aliphatic hydroxyl groups excluding tert-OH is 1. The van der Waals surface area contributed by atoms with Crippen LogP contribution in [-0.4, -0.2) is 59.3 Å². The molecule has 0 fully saturated rings. The Morgan fingerprint density at radius 1 is 1.12 bits per heavy atom. The van der Waals surface area contributed by atoms with Crippen LogP contribution in [0.5, 0.6) is 0 Å². The predicted octanol–water partition coefficient (Wildman–Crippen LogP) is 3.08. The second kappa shape index (κ2) is 13.1. The van der Waals surface area contributed by atoms with E-state index in [9.17, 15) is 19.5 Å². The first-order valence-corrected chi connectivity index (χ1v) is 11.2. The van der Waals surface area contributed by atoms with Gasteiger partial charge >= 0.3 is 6.09 Å². The van der Waals surface area contributed by atoms with E-state index in [1.807, 2.05) is 19.1 Å². The molecule has 0 aliphatic heterocycles. The SMILES string of the molecule is CCCCCNC(=O)C(c1ccc(C)cc1)N(CCO)C(=O)C(C)NC(=O)OC(C)(C)C. The molecule has 1 aromatic carbocycles. The Bertz CT molecular complexity index is 743. The summed E-state index contributed by atoms with van der Waals surface area (Å²) < 4.78 is 5.23. The maximum atomic E-state index is 13.3. The monoisotopic (exact) mass is 449 g/mol. The number of alkyl carbamates (subject to hydrolysis) is 1. The molecule has 180 valence electrons. The van der Waals surface area contributed by atoms with Crippen molar-refractivity contribution in [1.29, 1.82) is 0 Å². The van der Waals surface area contributed by atoms with Gasteiger partial charge < -0.3 is 25.4 Å². The third-order valence-corrected chi connectivity index (χ3v) is 4.76. The van der Waals surface area contributed by atoms with E-state index in [2.05, 4.69) is 17.6 Å². The Kier molecular flexibility index (Phi) is 11.2. The lowest BCUT2D eigenvalue weighted by Crippen LogP contribution is -2.52. The van der Waals surface area contributed by atoms with Crippen LogP contribution in [0, 0.1) is 6.92 Å². The van der Waals surface area contributed by atoms with Crippen molar-refractivity contribution in [1.82, 2.24) is 15.5 Å². The smallest absolute Gasteiger partial charge is 0.408 e. The fourth-order valence-electron chi connectivity index (χ4n) is 3.17. The van der Waals surface area contributed by atoms with Gasteiger partial charge in [-0.1, -0.05) is 49.6 Å². The highest BCUT2D eigenvalue weighted by Gasteiger charge is 2.34. The fraction of sp³-hybridized carbons (Fsp3) is 0.625. The molecule has 32 heavy (non-hydrogen) atoms. The van der Waals surface area contributed by atoms with Gasteiger partial charge in [0.15, 0.2) is 0 Å². The lowest BCUT2D eigenvalue weighted by molar-refractivity contribution is -0.142. The number of hydrogen-bond acceptors (Lipinski definition) is 5. The largest absolute Gasteiger partial charge is 0.444 e. The van der Waals surface area contributed by atoms with Crippen molar-refractivity contribution >= 4 is 17.9 Å². The fourth-order valence-corrected chi connectivity index (χ4v) is 3.17. The molecule has 0 heterocycles. The zero-order valence-corrected chi connectivity index (χ0v) is 20.2. The molecule has 0 aliphatic rings. The first-order chi connectivity index (χ1) is 15.0. The van der Waals surface area contributed by atoms with Gasteiger partial charge in [0.1, 0.15) is 17.7 Å². The number of rotatable bonds is 11. The van der Waals surface area contributed by atoms with E-state index in [0.717, 1.165) is 24.8 Å². The minimum Gasteiger partial charge on any atom is -0.444 e. The van der Waals surface area contributed by atoms with Gasteiger partial charge in [-0.05, 0) is 46.6 Å². The summed E-state index contributed by atoms with van der Waals surface area (Å²) in [6.45, 7) is 10.9. The van der Waals surface area contributed by atoms with Gasteiger partial charge in [-0.25, -0.2) is 4.79 Å². The van der Waals surface area contributed by atoms with Crippen LogP contribution >= 0.6 is 0 Å². The second-order valence-electron chi connectivity index (χ2n) is 8.93. The number of carbonyl (C=O) groups excluding carboxylic acids is 3. The number of aryl methyl sites for hydroxylation is 1. The standard InChI is InChI=1S/C24H39N3O5/c1-7-8-9-14-25-21(29)20(19-12-10-17(2)11-13-19)27(15-16-28)22(30)18(3)26-23(31)32-24(4,5)6/h10-13,18,20,28H,7-9,14-16H2,1-6H3,(H,25,29)(H,26,31). The Morgan fingerprint density at radius 2 is 1.75 bits per heavy atom. The first-order valence-electron chi connectivity index (χ1n) is 11.2.